The number of benzene rings is 1. The number of carboxylic acids is 3. The number of rotatable bonds is 17. The standard InChI is InChI=1S/C21H31N5O10S2/c22-4-3-9-5-13(37-7-11(24)21(35)36)16(30)17(31)18(9)38-8-12(19(32)25-6-15(28)29)26-14(27)2-1-10(23)20(33)34/h5,10-12,30-31H,1-4,6-8,22-24H2,(H,25,32)(H,26,27)(H,28,29)(H,33,34)(H,35,36)/t10-,11-,12-/m0/s1. The van der Waals surface area contributed by atoms with Gasteiger partial charge < -0.3 is 53.4 Å². The smallest absolute Gasteiger partial charge is 0.322 e. The van der Waals surface area contributed by atoms with Crippen molar-refractivity contribution in [3.05, 3.63) is 11.6 Å². The van der Waals surface area contributed by atoms with Gasteiger partial charge in [0.15, 0.2) is 11.5 Å². The number of carbonyl (C=O) groups is 5. The summed E-state index contributed by atoms with van der Waals surface area (Å²) in [7, 11) is 0. The molecule has 0 aliphatic carbocycles. The molecular formula is C21H31N5O10S2. The van der Waals surface area contributed by atoms with Gasteiger partial charge in [0.1, 0.15) is 24.7 Å². The van der Waals surface area contributed by atoms with Crippen molar-refractivity contribution >= 4 is 53.2 Å². The van der Waals surface area contributed by atoms with E-state index in [9.17, 15) is 34.2 Å². The highest BCUT2D eigenvalue weighted by molar-refractivity contribution is 8.00. The lowest BCUT2D eigenvalue weighted by Crippen LogP contribution is -2.49. The van der Waals surface area contributed by atoms with Gasteiger partial charge in [0, 0.05) is 17.9 Å². The number of nitrogens with two attached hydrogens (primary N) is 3. The first kappa shape index (κ1) is 32.8. The Labute approximate surface area is 225 Å². The van der Waals surface area contributed by atoms with Crippen molar-refractivity contribution < 1.29 is 49.5 Å². The third kappa shape index (κ3) is 10.6. The molecule has 2 amide bonds. The number of phenolic OH excluding ortho intramolecular Hbond substituents is 2. The number of aromatic hydroxyl groups is 2. The molecular weight excluding hydrogens is 546 g/mol. The predicted molar refractivity (Wildman–Crippen MR) is 137 cm³/mol. The second-order valence-electron chi connectivity index (χ2n) is 7.88. The minimum Gasteiger partial charge on any atom is -0.503 e. The Kier molecular flexibility index (Phi) is 13.7. The number of aliphatic carboxylic acids is 3. The van der Waals surface area contributed by atoms with Gasteiger partial charge in [-0.3, -0.25) is 24.0 Å². The van der Waals surface area contributed by atoms with Crippen LogP contribution < -0.4 is 27.8 Å². The summed E-state index contributed by atoms with van der Waals surface area (Å²) in [5.74, 6) is -6.86. The molecule has 13 N–H and O–H groups in total. The molecule has 0 saturated carbocycles. The highest BCUT2D eigenvalue weighted by Crippen LogP contribution is 2.45. The van der Waals surface area contributed by atoms with Gasteiger partial charge in [-0.15, -0.1) is 23.5 Å². The fourth-order valence-corrected chi connectivity index (χ4v) is 4.95. The number of amides is 2. The molecule has 0 aromatic heterocycles. The Morgan fingerprint density at radius 1 is 0.921 bits per heavy atom. The van der Waals surface area contributed by atoms with E-state index < -0.39 is 65.9 Å². The molecule has 0 fully saturated rings. The lowest BCUT2D eigenvalue weighted by atomic mass is 10.1. The van der Waals surface area contributed by atoms with Crippen molar-refractivity contribution in [2.45, 2.75) is 47.2 Å². The van der Waals surface area contributed by atoms with Crippen LogP contribution in [0.4, 0.5) is 0 Å². The number of phenols is 2. The molecule has 38 heavy (non-hydrogen) atoms. The number of nitrogens with one attached hydrogen (secondary N) is 2. The summed E-state index contributed by atoms with van der Waals surface area (Å²) < 4.78 is 0. The maximum absolute atomic E-state index is 12.6. The zero-order valence-electron chi connectivity index (χ0n) is 20.1. The van der Waals surface area contributed by atoms with Crippen LogP contribution in [-0.4, -0.2) is 98.0 Å². The average molecular weight is 578 g/mol. The van der Waals surface area contributed by atoms with Gasteiger partial charge >= 0.3 is 17.9 Å². The molecule has 1 aromatic carbocycles. The fourth-order valence-electron chi connectivity index (χ4n) is 2.84. The molecule has 0 radical (unpaired) electrons. The molecule has 0 spiro atoms. The monoisotopic (exact) mass is 577 g/mol. The summed E-state index contributed by atoms with van der Waals surface area (Å²) in [6.07, 6.45) is -0.308. The minimum atomic E-state index is -1.33. The topological polar surface area (TPSA) is 289 Å². The Balaban J connectivity index is 3.13. The molecule has 3 atom stereocenters. The van der Waals surface area contributed by atoms with Gasteiger partial charge in [-0.1, -0.05) is 0 Å². The van der Waals surface area contributed by atoms with Crippen LogP contribution >= 0.6 is 23.5 Å². The summed E-state index contributed by atoms with van der Waals surface area (Å²) in [4.78, 5) is 57.8. The average Bonchev–Trinajstić information content (AvgIpc) is 2.85. The number of carbonyl (C=O) groups excluding carboxylic acids is 2. The van der Waals surface area contributed by atoms with Gasteiger partial charge in [0.2, 0.25) is 11.8 Å². The van der Waals surface area contributed by atoms with E-state index in [-0.39, 0.29) is 47.1 Å². The number of thioether (sulfide) groups is 2. The van der Waals surface area contributed by atoms with Crippen LogP contribution in [0.5, 0.6) is 11.5 Å². The van der Waals surface area contributed by atoms with Gasteiger partial charge in [-0.25, -0.2) is 0 Å². The van der Waals surface area contributed by atoms with E-state index >= 15 is 0 Å². The molecule has 1 rings (SSSR count). The highest BCUT2D eigenvalue weighted by Gasteiger charge is 2.25. The van der Waals surface area contributed by atoms with Gasteiger partial charge in [-0.05, 0) is 31.0 Å². The summed E-state index contributed by atoms with van der Waals surface area (Å²) in [6, 6.07) is -2.32. The Morgan fingerprint density at radius 2 is 1.55 bits per heavy atom. The van der Waals surface area contributed by atoms with E-state index in [1.54, 1.807) is 0 Å². The van der Waals surface area contributed by atoms with E-state index in [0.29, 0.717) is 5.56 Å². The summed E-state index contributed by atoms with van der Waals surface area (Å²) in [5, 5.41) is 52.3. The lowest BCUT2D eigenvalue weighted by Gasteiger charge is -2.20. The van der Waals surface area contributed by atoms with E-state index in [0.717, 1.165) is 23.5 Å². The SMILES string of the molecule is NCCc1cc(SC[C@H](N)C(=O)O)c(O)c(O)c1SC[C@H](NC(=O)CC[C@H](N)C(=O)O)C(=O)NCC(=O)O. The van der Waals surface area contributed by atoms with Crippen molar-refractivity contribution in [3.8, 4) is 11.5 Å². The van der Waals surface area contributed by atoms with Crippen LogP contribution in [0.3, 0.4) is 0 Å². The van der Waals surface area contributed by atoms with Gasteiger partial charge in [-0.2, -0.15) is 0 Å². The number of carboxylic acid groups (broad SMARTS) is 3. The van der Waals surface area contributed by atoms with E-state index in [4.69, 9.17) is 32.5 Å². The maximum Gasteiger partial charge on any atom is 0.322 e. The zero-order chi connectivity index (χ0) is 29.0. The van der Waals surface area contributed by atoms with Crippen molar-refractivity contribution in [1.82, 2.24) is 10.6 Å². The summed E-state index contributed by atoms with van der Waals surface area (Å²) >= 11 is 1.78. The van der Waals surface area contributed by atoms with Crippen LogP contribution in [0.25, 0.3) is 0 Å². The molecule has 0 aliphatic rings. The summed E-state index contributed by atoms with van der Waals surface area (Å²) in [5.41, 5.74) is 17.0. The van der Waals surface area contributed by atoms with Crippen molar-refractivity contribution in [2.24, 2.45) is 17.2 Å². The molecule has 0 unspecified atom stereocenters. The fraction of sp³-hybridized carbons (Fsp3) is 0.476. The molecule has 17 heteroatoms. The first-order valence-electron chi connectivity index (χ1n) is 11.1. The minimum absolute atomic E-state index is 0.0969. The second kappa shape index (κ2) is 15.9. The van der Waals surface area contributed by atoms with Crippen molar-refractivity contribution in [2.75, 3.05) is 24.6 Å². The molecule has 212 valence electrons. The molecule has 1 aromatic rings. The normalized spacial score (nSPS) is 13.2. The molecule has 0 heterocycles. The predicted octanol–water partition coefficient (Wildman–Crippen LogP) is -1.93. The molecule has 15 nitrogen and oxygen atoms in total. The molecule has 0 bridgehead atoms. The highest BCUT2D eigenvalue weighted by atomic mass is 32.2. The van der Waals surface area contributed by atoms with Gasteiger partial charge in [0.25, 0.3) is 0 Å². The van der Waals surface area contributed by atoms with Crippen LogP contribution in [0.1, 0.15) is 18.4 Å². The molecule has 0 saturated heterocycles. The van der Waals surface area contributed by atoms with Gasteiger partial charge in [0.05, 0.1) is 9.79 Å². The number of hydrogen-bond donors (Lipinski definition) is 10. The third-order valence-electron chi connectivity index (χ3n) is 4.88. The Bertz CT molecular complexity index is 1040. The van der Waals surface area contributed by atoms with E-state index in [2.05, 4.69) is 10.6 Å². The van der Waals surface area contributed by atoms with Crippen LogP contribution in [0, 0.1) is 0 Å². The van der Waals surface area contributed by atoms with Crippen LogP contribution in [0.15, 0.2) is 15.9 Å². The van der Waals surface area contributed by atoms with E-state index in [1.165, 1.54) is 6.07 Å². The lowest BCUT2D eigenvalue weighted by molar-refractivity contribution is -0.139. The summed E-state index contributed by atoms with van der Waals surface area (Å²) in [6.45, 7) is -0.589. The maximum atomic E-state index is 12.6. The Morgan fingerprint density at radius 3 is 2.11 bits per heavy atom. The van der Waals surface area contributed by atoms with E-state index in [1.807, 2.05) is 0 Å². The van der Waals surface area contributed by atoms with Crippen molar-refractivity contribution in [1.29, 1.82) is 0 Å². The first-order valence-corrected chi connectivity index (χ1v) is 13.0. The van der Waals surface area contributed by atoms with Crippen LogP contribution in [-0.2, 0) is 30.4 Å². The largest absolute Gasteiger partial charge is 0.503 e. The second-order valence-corrected chi connectivity index (χ2v) is 9.97. The number of hydrogen-bond acceptors (Lipinski definition) is 12. The molecule has 0 aliphatic heterocycles. The third-order valence-corrected chi connectivity index (χ3v) is 7.27. The quantitative estimate of drug-likeness (QED) is 0.0712. The Hall–Kier alpha value is -3.25. The van der Waals surface area contributed by atoms with Crippen LogP contribution in [0.2, 0.25) is 0 Å². The first-order chi connectivity index (χ1) is 17.8. The zero-order valence-corrected chi connectivity index (χ0v) is 21.7. The van der Waals surface area contributed by atoms with Crippen molar-refractivity contribution in [3.63, 3.8) is 0 Å².